The molecule has 0 bridgehead atoms. The summed E-state index contributed by atoms with van der Waals surface area (Å²) in [6.45, 7) is 0.329. The Morgan fingerprint density at radius 1 is 1.25 bits per heavy atom. The van der Waals surface area contributed by atoms with Crippen LogP contribution >= 0.6 is 0 Å². The third-order valence-electron chi connectivity index (χ3n) is 4.48. The molecule has 3 aromatic rings. The minimum Gasteiger partial charge on any atom is -0.497 e. The highest BCUT2D eigenvalue weighted by Gasteiger charge is 2.24. The van der Waals surface area contributed by atoms with Gasteiger partial charge in [0.1, 0.15) is 11.4 Å². The molecule has 0 aliphatic rings. The van der Waals surface area contributed by atoms with Crippen molar-refractivity contribution >= 4 is 17.2 Å². The van der Waals surface area contributed by atoms with Crippen LogP contribution in [0, 0.1) is 10.1 Å². The van der Waals surface area contributed by atoms with Crippen LogP contribution in [-0.4, -0.2) is 47.0 Å². The number of methoxy groups -OCH3 is 1. The number of benzene rings is 1. The fraction of sp³-hybridized carbons (Fsp3) is 0.263. The molecule has 0 radical (unpaired) electrons. The average molecular weight is 383 g/mol. The van der Waals surface area contributed by atoms with Crippen LogP contribution in [0.5, 0.6) is 5.75 Å². The van der Waals surface area contributed by atoms with Crippen LogP contribution in [0.1, 0.15) is 11.6 Å². The van der Waals surface area contributed by atoms with Crippen molar-refractivity contribution in [2.45, 2.75) is 6.04 Å². The van der Waals surface area contributed by atoms with E-state index in [-0.39, 0.29) is 11.9 Å². The number of hydrogen-bond donors (Lipinski definition) is 1. The van der Waals surface area contributed by atoms with E-state index in [1.807, 2.05) is 43.3 Å². The molecule has 9 heteroatoms. The molecule has 1 N–H and O–H groups in total. The molecule has 2 aromatic heterocycles. The number of nitrogens with one attached hydrogen (secondary N) is 1. The molecule has 146 valence electrons. The molecule has 1 unspecified atom stereocenters. The zero-order valence-corrected chi connectivity index (χ0v) is 15.8. The lowest BCUT2D eigenvalue weighted by atomic mass is 10.1. The van der Waals surface area contributed by atoms with Crippen LogP contribution in [0.4, 0.5) is 11.5 Å². The van der Waals surface area contributed by atoms with E-state index >= 15 is 0 Å². The minimum absolute atomic E-state index is 0.0402. The van der Waals surface area contributed by atoms with Gasteiger partial charge in [0.2, 0.25) is 5.82 Å². The monoisotopic (exact) mass is 383 g/mol. The number of ether oxygens (including phenoxy) is 1. The van der Waals surface area contributed by atoms with E-state index in [1.54, 1.807) is 25.3 Å². The average Bonchev–Trinajstić information content (AvgIpc) is 2.68. The summed E-state index contributed by atoms with van der Waals surface area (Å²) in [4.78, 5) is 29.6. The number of nitro groups is 1. The molecule has 0 aliphatic heterocycles. The Kier molecular flexibility index (Phi) is 5.55. The van der Waals surface area contributed by atoms with Crippen molar-refractivity contribution in [2.24, 2.45) is 0 Å². The lowest BCUT2D eigenvalue weighted by Crippen LogP contribution is -2.28. The van der Waals surface area contributed by atoms with Crippen LogP contribution in [0.15, 0.2) is 53.5 Å². The van der Waals surface area contributed by atoms with Gasteiger partial charge in [-0.2, -0.15) is 0 Å². The van der Waals surface area contributed by atoms with Crippen LogP contribution in [0.2, 0.25) is 0 Å². The highest BCUT2D eigenvalue weighted by molar-refractivity contribution is 5.60. The summed E-state index contributed by atoms with van der Waals surface area (Å²) >= 11 is 0. The van der Waals surface area contributed by atoms with Gasteiger partial charge in [0.15, 0.2) is 0 Å². The molecule has 0 spiro atoms. The van der Waals surface area contributed by atoms with E-state index in [2.05, 4.69) is 10.3 Å². The van der Waals surface area contributed by atoms with Crippen molar-refractivity contribution in [3.8, 4) is 5.75 Å². The Hall–Kier alpha value is -3.46. The number of rotatable bonds is 7. The van der Waals surface area contributed by atoms with E-state index < -0.39 is 16.2 Å². The standard InChI is InChI=1S/C19H21N5O4/c1-22(2)15(13-7-9-14(28-3)10-8-13)12-20-18-17(24(26)27)19(25)23-11-5-4-6-16(23)21-18/h4-11,15,20H,12H2,1-3H3. The maximum atomic E-state index is 12.5. The highest BCUT2D eigenvalue weighted by atomic mass is 16.6. The Morgan fingerprint density at radius 2 is 1.96 bits per heavy atom. The molecule has 0 saturated heterocycles. The van der Waals surface area contributed by atoms with Crippen molar-refractivity contribution in [1.29, 1.82) is 0 Å². The summed E-state index contributed by atoms with van der Waals surface area (Å²) in [6, 6.07) is 12.5. The first-order valence-electron chi connectivity index (χ1n) is 8.62. The molecule has 0 aliphatic carbocycles. The number of likely N-dealkylation sites (N-methyl/N-ethyl adjacent to an activating group) is 1. The SMILES string of the molecule is COc1ccc(C(CNc2nc3ccccn3c(=O)c2[N+](=O)[O-])N(C)C)cc1. The highest BCUT2D eigenvalue weighted by Crippen LogP contribution is 2.24. The summed E-state index contributed by atoms with van der Waals surface area (Å²) in [5.74, 6) is 0.704. The normalized spacial score (nSPS) is 12.1. The van der Waals surface area contributed by atoms with Gasteiger partial charge in [-0.15, -0.1) is 0 Å². The first-order valence-corrected chi connectivity index (χ1v) is 8.62. The molecule has 3 rings (SSSR count). The van der Waals surface area contributed by atoms with Crippen LogP contribution < -0.4 is 15.6 Å². The van der Waals surface area contributed by atoms with Crippen LogP contribution in [-0.2, 0) is 0 Å². The van der Waals surface area contributed by atoms with Gasteiger partial charge in [-0.05, 0) is 43.9 Å². The summed E-state index contributed by atoms with van der Waals surface area (Å²) in [6.07, 6.45) is 1.46. The van der Waals surface area contributed by atoms with Crippen molar-refractivity contribution in [3.63, 3.8) is 0 Å². The van der Waals surface area contributed by atoms with Crippen LogP contribution in [0.25, 0.3) is 5.65 Å². The summed E-state index contributed by atoms with van der Waals surface area (Å²) in [7, 11) is 5.42. The fourth-order valence-corrected chi connectivity index (χ4v) is 2.99. The topological polar surface area (TPSA) is 102 Å². The van der Waals surface area contributed by atoms with Gasteiger partial charge < -0.3 is 15.0 Å². The third kappa shape index (κ3) is 3.79. The molecule has 0 saturated carbocycles. The van der Waals surface area contributed by atoms with Gasteiger partial charge >= 0.3 is 11.2 Å². The lowest BCUT2D eigenvalue weighted by molar-refractivity contribution is -0.385. The van der Waals surface area contributed by atoms with Crippen molar-refractivity contribution in [3.05, 3.63) is 74.7 Å². The van der Waals surface area contributed by atoms with Gasteiger partial charge in [-0.25, -0.2) is 4.98 Å². The second kappa shape index (κ2) is 8.05. The zero-order valence-electron chi connectivity index (χ0n) is 15.8. The first kappa shape index (κ1) is 19.3. The van der Waals surface area contributed by atoms with Crippen LogP contribution in [0.3, 0.4) is 0 Å². The second-order valence-corrected chi connectivity index (χ2v) is 6.43. The summed E-state index contributed by atoms with van der Waals surface area (Å²) in [5, 5.41) is 14.5. The Labute approximate surface area is 161 Å². The van der Waals surface area contributed by atoms with E-state index in [1.165, 1.54) is 6.20 Å². The number of anilines is 1. The quantitative estimate of drug-likeness (QED) is 0.493. The minimum atomic E-state index is -0.719. The number of pyridine rings is 1. The second-order valence-electron chi connectivity index (χ2n) is 6.43. The summed E-state index contributed by atoms with van der Waals surface area (Å²) in [5.41, 5.74) is 0.0461. The van der Waals surface area contributed by atoms with E-state index in [0.29, 0.717) is 12.2 Å². The number of hydrogen-bond acceptors (Lipinski definition) is 7. The Balaban J connectivity index is 1.95. The van der Waals surface area contributed by atoms with Crippen molar-refractivity contribution in [1.82, 2.24) is 14.3 Å². The molecule has 28 heavy (non-hydrogen) atoms. The molecule has 1 atom stereocenters. The fourth-order valence-electron chi connectivity index (χ4n) is 2.99. The molecule has 9 nitrogen and oxygen atoms in total. The van der Waals surface area contributed by atoms with E-state index in [4.69, 9.17) is 4.74 Å². The lowest BCUT2D eigenvalue weighted by Gasteiger charge is -2.25. The number of aromatic nitrogens is 2. The molecular weight excluding hydrogens is 362 g/mol. The van der Waals surface area contributed by atoms with E-state index in [0.717, 1.165) is 15.7 Å². The van der Waals surface area contributed by atoms with Crippen molar-refractivity contribution in [2.75, 3.05) is 33.1 Å². The molecule has 0 fully saturated rings. The molecule has 2 heterocycles. The maximum Gasteiger partial charge on any atom is 0.376 e. The predicted molar refractivity (Wildman–Crippen MR) is 106 cm³/mol. The smallest absolute Gasteiger partial charge is 0.376 e. The van der Waals surface area contributed by atoms with Gasteiger partial charge in [0, 0.05) is 12.7 Å². The number of nitrogens with zero attached hydrogens (tertiary/aromatic N) is 4. The molecular formula is C19H21N5O4. The van der Waals surface area contributed by atoms with Gasteiger partial charge in [-0.3, -0.25) is 19.3 Å². The van der Waals surface area contributed by atoms with Gasteiger partial charge in [0.25, 0.3) is 0 Å². The molecule has 0 amide bonds. The number of fused-ring (bicyclic) bond motifs is 1. The predicted octanol–water partition coefficient (Wildman–Crippen LogP) is 2.33. The third-order valence-corrected chi connectivity index (χ3v) is 4.48. The van der Waals surface area contributed by atoms with Gasteiger partial charge in [-0.1, -0.05) is 18.2 Å². The zero-order chi connectivity index (χ0) is 20.3. The van der Waals surface area contributed by atoms with Gasteiger partial charge in [0.05, 0.1) is 18.1 Å². The largest absolute Gasteiger partial charge is 0.497 e. The van der Waals surface area contributed by atoms with E-state index in [9.17, 15) is 14.9 Å². The Bertz CT molecular complexity index is 1050. The van der Waals surface area contributed by atoms with Crippen molar-refractivity contribution < 1.29 is 9.66 Å². The Morgan fingerprint density at radius 3 is 2.57 bits per heavy atom. The summed E-state index contributed by atoms with van der Waals surface area (Å²) < 4.78 is 6.35. The first-order chi connectivity index (χ1) is 13.4. The maximum absolute atomic E-state index is 12.5. The molecule has 1 aromatic carbocycles.